The Morgan fingerprint density at radius 1 is 1.25 bits per heavy atom. The molecule has 0 aliphatic carbocycles. The summed E-state index contributed by atoms with van der Waals surface area (Å²) in [7, 11) is 0. The first-order valence-corrected chi connectivity index (χ1v) is 7.04. The lowest BCUT2D eigenvalue weighted by Gasteiger charge is -2.13. The Morgan fingerprint density at radius 3 is 2.60 bits per heavy atom. The second-order valence-corrected chi connectivity index (χ2v) is 5.18. The third-order valence-corrected chi connectivity index (χ3v) is 3.32. The molecule has 4 nitrogen and oxygen atoms in total. The van der Waals surface area contributed by atoms with Crippen LogP contribution in [-0.2, 0) is 16.0 Å². The second kappa shape index (κ2) is 8.35. The van der Waals surface area contributed by atoms with Crippen LogP contribution in [0, 0.1) is 6.92 Å². The Hall–Kier alpha value is -1.84. The van der Waals surface area contributed by atoms with Crippen LogP contribution in [-0.4, -0.2) is 23.0 Å². The molecule has 20 heavy (non-hydrogen) atoms. The van der Waals surface area contributed by atoms with Crippen molar-refractivity contribution in [3.8, 4) is 0 Å². The number of hydrogen-bond donors (Lipinski definition) is 2. The first kappa shape index (κ1) is 16.2. The van der Waals surface area contributed by atoms with E-state index < -0.39 is 5.97 Å². The van der Waals surface area contributed by atoms with E-state index in [1.807, 2.05) is 38.1 Å². The molecular weight excluding hydrogens is 254 g/mol. The van der Waals surface area contributed by atoms with Crippen LogP contribution in [0.1, 0.15) is 43.7 Å². The summed E-state index contributed by atoms with van der Waals surface area (Å²) in [5.41, 5.74) is 2.40. The zero-order valence-electron chi connectivity index (χ0n) is 12.2. The van der Waals surface area contributed by atoms with Crippen molar-refractivity contribution in [1.29, 1.82) is 0 Å². The highest BCUT2D eigenvalue weighted by atomic mass is 16.4. The van der Waals surface area contributed by atoms with Crippen LogP contribution in [0.2, 0.25) is 0 Å². The third kappa shape index (κ3) is 6.36. The molecule has 0 spiro atoms. The quantitative estimate of drug-likeness (QED) is 0.767. The number of nitrogens with one attached hydrogen (secondary N) is 1. The topological polar surface area (TPSA) is 66.4 Å². The molecule has 0 saturated heterocycles. The van der Waals surface area contributed by atoms with Gasteiger partial charge >= 0.3 is 5.97 Å². The number of carbonyl (C=O) groups excluding carboxylic acids is 1. The molecule has 110 valence electrons. The van der Waals surface area contributed by atoms with Crippen LogP contribution in [0.4, 0.5) is 0 Å². The molecule has 0 radical (unpaired) electrons. The van der Waals surface area contributed by atoms with Crippen molar-refractivity contribution in [2.75, 3.05) is 0 Å². The van der Waals surface area contributed by atoms with E-state index in [1.54, 1.807) is 0 Å². The number of aryl methyl sites for hydroxylation is 2. The van der Waals surface area contributed by atoms with Crippen molar-refractivity contribution in [3.05, 3.63) is 35.4 Å². The van der Waals surface area contributed by atoms with Gasteiger partial charge < -0.3 is 10.4 Å². The number of amides is 1. The number of aliphatic carboxylic acids is 1. The maximum atomic E-state index is 11.8. The highest BCUT2D eigenvalue weighted by molar-refractivity contribution is 5.76. The minimum atomic E-state index is -0.789. The molecule has 1 rings (SSSR count). The van der Waals surface area contributed by atoms with Gasteiger partial charge in [-0.2, -0.15) is 0 Å². The number of carboxylic acid groups (broad SMARTS) is 1. The van der Waals surface area contributed by atoms with E-state index in [0.717, 1.165) is 6.42 Å². The van der Waals surface area contributed by atoms with E-state index >= 15 is 0 Å². The van der Waals surface area contributed by atoms with Gasteiger partial charge in [0.15, 0.2) is 0 Å². The number of rotatable bonds is 8. The summed E-state index contributed by atoms with van der Waals surface area (Å²) in [5, 5.41) is 11.5. The maximum Gasteiger partial charge on any atom is 0.303 e. The molecule has 1 unspecified atom stereocenters. The minimum absolute atomic E-state index is 0.0241. The van der Waals surface area contributed by atoms with Crippen molar-refractivity contribution in [2.24, 2.45) is 0 Å². The Bertz CT molecular complexity index is 457. The van der Waals surface area contributed by atoms with Crippen LogP contribution in [0.5, 0.6) is 0 Å². The summed E-state index contributed by atoms with van der Waals surface area (Å²) in [6.07, 6.45) is 2.65. The van der Waals surface area contributed by atoms with Crippen LogP contribution >= 0.6 is 0 Å². The summed E-state index contributed by atoms with van der Waals surface area (Å²) < 4.78 is 0. The molecule has 0 bridgehead atoms. The van der Waals surface area contributed by atoms with E-state index in [2.05, 4.69) is 5.32 Å². The van der Waals surface area contributed by atoms with Gasteiger partial charge in [-0.1, -0.05) is 24.3 Å². The van der Waals surface area contributed by atoms with Crippen LogP contribution < -0.4 is 5.32 Å². The number of carboxylic acids is 1. The number of benzene rings is 1. The van der Waals surface area contributed by atoms with E-state index in [4.69, 9.17) is 5.11 Å². The molecule has 0 saturated carbocycles. The average Bonchev–Trinajstić information content (AvgIpc) is 2.37. The molecule has 0 aliphatic rings. The molecule has 1 atom stereocenters. The van der Waals surface area contributed by atoms with Gasteiger partial charge in [-0.3, -0.25) is 9.59 Å². The van der Waals surface area contributed by atoms with Gasteiger partial charge in [0.05, 0.1) is 0 Å². The summed E-state index contributed by atoms with van der Waals surface area (Å²) in [5.74, 6) is -0.765. The van der Waals surface area contributed by atoms with Gasteiger partial charge in [0.2, 0.25) is 5.91 Å². The molecule has 0 aliphatic heterocycles. The summed E-state index contributed by atoms with van der Waals surface area (Å²) >= 11 is 0. The predicted molar refractivity (Wildman–Crippen MR) is 78.6 cm³/mol. The lowest BCUT2D eigenvalue weighted by atomic mass is 10.0. The Labute approximate surface area is 120 Å². The lowest BCUT2D eigenvalue weighted by Crippen LogP contribution is -2.32. The maximum absolute atomic E-state index is 11.8. The second-order valence-electron chi connectivity index (χ2n) is 5.18. The number of hydrogen-bond acceptors (Lipinski definition) is 2. The molecule has 4 heteroatoms. The van der Waals surface area contributed by atoms with Gasteiger partial charge in [0.1, 0.15) is 0 Å². The molecule has 1 aromatic carbocycles. The van der Waals surface area contributed by atoms with Gasteiger partial charge in [0, 0.05) is 18.9 Å². The molecule has 0 heterocycles. The van der Waals surface area contributed by atoms with Gasteiger partial charge in [0.25, 0.3) is 0 Å². The number of carbonyl (C=O) groups is 2. The zero-order chi connectivity index (χ0) is 15.0. The minimum Gasteiger partial charge on any atom is -0.481 e. The fourth-order valence-electron chi connectivity index (χ4n) is 2.12. The Balaban J connectivity index is 2.26. The Kier molecular flexibility index (Phi) is 6.77. The summed E-state index contributed by atoms with van der Waals surface area (Å²) in [6, 6.07) is 8.08. The average molecular weight is 277 g/mol. The normalized spacial score (nSPS) is 11.9. The first-order chi connectivity index (χ1) is 9.49. The van der Waals surface area contributed by atoms with Gasteiger partial charge in [-0.05, 0) is 44.2 Å². The fourth-order valence-corrected chi connectivity index (χ4v) is 2.12. The van der Waals surface area contributed by atoms with E-state index in [1.165, 1.54) is 11.1 Å². The zero-order valence-corrected chi connectivity index (χ0v) is 12.2. The summed E-state index contributed by atoms with van der Waals surface area (Å²) in [6.45, 7) is 3.95. The fraction of sp³-hybridized carbons (Fsp3) is 0.500. The van der Waals surface area contributed by atoms with Crippen molar-refractivity contribution in [1.82, 2.24) is 5.32 Å². The van der Waals surface area contributed by atoms with E-state index in [0.29, 0.717) is 19.3 Å². The predicted octanol–water partition coefficient (Wildman–Crippen LogP) is 2.69. The van der Waals surface area contributed by atoms with E-state index in [-0.39, 0.29) is 18.4 Å². The molecule has 0 aromatic heterocycles. The molecule has 0 fully saturated rings. The van der Waals surface area contributed by atoms with Crippen molar-refractivity contribution >= 4 is 11.9 Å². The SMILES string of the molecule is Cc1ccccc1CCC(=O)NC(C)CCCC(=O)O. The van der Waals surface area contributed by atoms with Gasteiger partial charge in [-0.15, -0.1) is 0 Å². The molecule has 1 aromatic rings. The van der Waals surface area contributed by atoms with Crippen molar-refractivity contribution in [3.63, 3.8) is 0 Å². The monoisotopic (exact) mass is 277 g/mol. The van der Waals surface area contributed by atoms with Crippen LogP contribution in [0.25, 0.3) is 0 Å². The van der Waals surface area contributed by atoms with Crippen molar-refractivity contribution in [2.45, 2.75) is 52.0 Å². The Morgan fingerprint density at radius 2 is 1.95 bits per heavy atom. The molecular formula is C16H23NO3. The first-order valence-electron chi connectivity index (χ1n) is 7.04. The van der Waals surface area contributed by atoms with Crippen molar-refractivity contribution < 1.29 is 14.7 Å². The highest BCUT2D eigenvalue weighted by Gasteiger charge is 2.09. The smallest absolute Gasteiger partial charge is 0.303 e. The lowest BCUT2D eigenvalue weighted by molar-refractivity contribution is -0.137. The highest BCUT2D eigenvalue weighted by Crippen LogP contribution is 2.09. The van der Waals surface area contributed by atoms with Crippen LogP contribution in [0.3, 0.4) is 0 Å². The van der Waals surface area contributed by atoms with E-state index in [9.17, 15) is 9.59 Å². The van der Waals surface area contributed by atoms with Crippen LogP contribution in [0.15, 0.2) is 24.3 Å². The molecule has 1 amide bonds. The molecule has 2 N–H and O–H groups in total. The summed E-state index contributed by atoms with van der Waals surface area (Å²) in [4.78, 5) is 22.2. The largest absolute Gasteiger partial charge is 0.481 e. The third-order valence-electron chi connectivity index (χ3n) is 3.32. The standard InChI is InChI=1S/C16H23NO3/c1-12-6-3-4-8-14(12)10-11-15(18)17-13(2)7-5-9-16(19)20/h3-4,6,8,13H,5,7,9-11H2,1-2H3,(H,17,18)(H,19,20). The van der Waals surface area contributed by atoms with Gasteiger partial charge in [-0.25, -0.2) is 0 Å².